The Kier molecular flexibility index (Phi) is 5.95. The smallest absolute Gasteiger partial charge is 0.233 e. The Bertz CT molecular complexity index is 682. The molecule has 5 nitrogen and oxygen atoms in total. The molecule has 0 heterocycles. The molecule has 0 saturated heterocycles. The number of carbonyl (C=O) groups is 2. The van der Waals surface area contributed by atoms with Gasteiger partial charge in [0.05, 0.1) is 6.04 Å². The van der Waals surface area contributed by atoms with E-state index < -0.39 is 0 Å². The van der Waals surface area contributed by atoms with Gasteiger partial charge in [0.25, 0.3) is 0 Å². The average molecular weight is 325 g/mol. The zero-order valence-electron chi connectivity index (χ0n) is 14.2. The fourth-order valence-corrected chi connectivity index (χ4v) is 2.31. The Labute approximate surface area is 142 Å². The summed E-state index contributed by atoms with van der Waals surface area (Å²) in [6, 6.07) is 17.0. The number of hydrogen-bond acceptors (Lipinski definition) is 3. The predicted octanol–water partition coefficient (Wildman–Crippen LogP) is 2.96. The molecule has 1 atom stereocenters. The van der Waals surface area contributed by atoms with E-state index in [-0.39, 0.29) is 24.3 Å². The van der Waals surface area contributed by atoms with Gasteiger partial charge in [-0.1, -0.05) is 30.3 Å². The van der Waals surface area contributed by atoms with Crippen molar-refractivity contribution in [2.45, 2.75) is 19.4 Å². The second kappa shape index (κ2) is 8.15. The van der Waals surface area contributed by atoms with E-state index in [1.807, 2.05) is 80.5 Å². The first-order valence-corrected chi connectivity index (χ1v) is 7.87. The summed E-state index contributed by atoms with van der Waals surface area (Å²) in [5, 5.41) is 5.56. The van der Waals surface area contributed by atoms with Gasteiger partial charge in [-0.15, -0.1) is 0 Å². The van der Waals surface area contributed by atoms with Gasteiger partial charge in [-0.25, -0.2) is 0 Å². The highest BCUT2D eigenvalue weighted by molar-refractivity contribution is 6.03. The van der Waals surface area contributed by atoms with E-state index in [4.69, 9.17) is 0 Å². The quantitative estimate of drug-likeness (QED) is 0.803. The highest BCUT2D eigenvalue weighted by Gasteiger charge is 2.13. The topological polar surface area (TPSA) is 61.4 Å². The van der Waals surface area contributed by atoms with E-state index in [0.717, 1.165) is 11.3 Å². The Hall–Kier alpha value is -2.82. The van der Waals surface area contributed by atoms with E-state index in [1.54, 1.807) is 0 Å². The van der Waals surface area contributed by atoms with Crippen molar-refractivity contribution in [1.29, 1.82) is 0 Å². The minimum Gasteiger partial charge on any atom is -0.378 e. The number of amides is 2. The lowest BCUT2D eigenvalue weighted by Gasteiger charge is -2.15. The van der Waals surface area contributed by atoms with Crippen molar-refractivity contribution in [2.75, 3.05) is 24.3 Å². The molecule has 0 aliphatic rings. The Morgan fingerprint density at radius 2 is 1.58 bits per heavy atom. The third-order valence-electron chi connectivity index (χ3n) is 3.67. The molecule has 0 radical (unpaired) electrons. The van der Waals surface area contributed by atoms with Gasteiger partial charge in [0.1, 0.15) is 6.42 Å². The van der Waals surface area contributed by atoms with Gasteiger partial charge in [-0.2, -0.15) is 0 Å². The maximum Gasteiger partial charge on any atom is 0.233 e. The van der Waals surface area contributed by atoms with Crippen LogP contribution in [0.2, 0.25) is 0 Å². The van der Waals surface area contributed by atoms with Gasteiger partial charge in [-0.05, 0) is 36.8 Å². The van der Waals surface area contributed by atoms with Crippen LogP contribution >= 0.6 is 0 Å². The van der Waals surface area contributed by atoms with Crippen molar-refractivity contribution >= 4 is 23.2 Å². The molecule has 2 aromatic rings. The molecule has 0 aliphatic heterocycles. The second-order valence-electron chi connectivity index (χ2n) is 5.87. The highest BCUT2D eigenvalue weighted by Crippen LogP contribution is 2.16. The molecule has 2 N–H and O–H groups in total. The Morgan fingerprint density at radius 3 is 2.17 bits per heavy atom. The van der Waals surface area contributed by atoms with Crippen molar-refractivity contribution in [3.63, 3.8) is 0 Å². The van der Waals surface area contributed by atoms with Gasteiger partial charge in [0, 0.05) is 25.5 Å². The summed E-state index contributed by atoms with van der Waals surface area (Å²) in [6.07, 6.45) is -0.202. The molecule has 0 saturated carbocycles. The van der Waals surface area contributed by atoms with Crippen LogP contribution in [-0.2, 0) is 9.59 Å². The molecule has 2 aromatic carbocycles. The van der Waals surface area contributed by atoms with Gasteiger partial charge in [0.2, 0.25) is 11.8 Å². The summed E-state index contributed by atoms with van der Waals surface area (Å²) < 4.78 is 0. The van der Waals surface area contributed by atoms with Gasteiger partial charge < -0.3 is 15.5 Å². The minimum absolute atomic E-state index is 0.133. The third-order valence-corrected chi connectivity index (χ3v) is 3.67. The summed E-state index contributed by atoms with van der Waals surface area (Å²) in [5.41, 5.74) is 2.72. The van der Waals surface area contributed by atoms with E-state index in [2.05, 4.69) is 10.6 Å². The van der Waals surface area contributed by atoms with Gasteiger partial charge in [0.15, 0.2) is 0 Å². The van der Waals surface area contributed by atoms with Crippen LogP contribution in [0.3, 0.4) is 0 Å². The van der Waals surface area contributed by atoms with Crippen LogP contribution in [-0.4, -0.2) is 25.9 Å². The number of hydrogen-bond donors (Lipinski definition) is 2. The van der Waals surface area contributed by atoms with Crippen LogP contribution in [0, 0.1) is 0 Å². The number of nitrogens with zero attached hydrogens (tertiary/aromatic N) is 1. The fraction of sp³-hybridized carbons (Fsp3) is 0.263. The number of anilines is 2. The molecule has 0 aliphatic carbocycles. The molecule has 0 fully saturated rings. The molecule has 0 spiro atoms. The zero-order chi connectivity index (χ0) is 17.5. The number of rotatable bonds is 6. The molecule has 1 unspecified atom stereocenters. The molecule has 2 rings (SSSR count). The largest absolute Gasteiger partial charge is 0.378 e. The van der Waals surface area contributed by atoms with Crippen LogP contribution in [0.1, 0.15) is 24.9 Å². The zero-order valence-corrected chi connectivity index (χ0v) is 14.2. The summed E-state index contributed by atoms with van der Waals surface area (Å²) in [6.45, 7) is 1.89. The summed E-state index contributed by atoms with van der Waals surface area (Å²) >= 11 is 0. The van der Waals surface area contributed by atoms with Crippen molar-refractivity contribution in [3.8, 4) is 0 Å². The van der Waals surface area contributed by atoms with E-state index in [1.165, 1.54) is 0 Å². The molecule has 5 heteroatoms. The SMILES string of the molecule is CC(NC(=O)CC(=O)Nc1ccc(N(C)C)cc1)c1ccccc1. The highest BCUT2D eigenvalue weighted by atomic mass is 16.2. The van der Waals surface area contributed by atoms with Crippen LogP contribution < -0.4 is 15.5 Å². The molecule has 0 bridgehead atoms. The minimum atomic E-state index is -0.328. The maximum absolute atomic E-state index is 12.0. The van der Waals surface area contributed by atoms with Crippen molar-refractivity contribution in [2.24, 2.45) is 0 Å². The van der Waals surface area contributed by atoms with Gasteiger partial charge >= 0.3 is 0 Å². The van der Waals surface area contributed by atoms with Crippen LogP contribution in [0.4, 0.5) is 11.4 Å². The fourth-order valence-electron chi connectivity index (χ4n) is 2.31. The van der Waals surface area contributed by atoms with E-state index in [9.17, 15) is 9.59 Å². The first kappa shape index (κ1) is 17.5. The number of benzene rings is 2. The summed E-state index contributed by atoms with van der Waals surface area (Å²) in [7, 11) is 3.90. The average Bonchev–Trinajstić information content (AvgIpc) is 2.55. The Balaban J connectivity index is 1.84. The standard InChI is InChI=1S/C19H23N3O2/c1-14(15-7-5-4-6-8-15)20-18(23)13-19(24)21-16-9-11-17(12-10-16)22(2)3/h4-12,14H,13H2,1-3H3,(H,20,23)(H,21,24). The first-order chi connectivity index (χ1) is 11.5. The molecule has 24 heavy (non-hydrogen) atoms. The Morgan fingerprint density at radius 1 is 0.958 bits per heavy atom. The van der Waals surface area contributed by atoms with Crippen LogP contribution in [0.25, 0.3) is 0 Å². The van der Waals surface area contributed by atoms with Crippen molar-refractivity contribution in [1.82, 2.24) is 5.32 Å². The lowest BCUT2D eigenvalue weighted by molar-refractivity contribution is -0.127. The van der Waals surface area contributed by atoms with Gasteiger partial charge in [-0.3, -0.25) is 9.59 Å². The van der Waals surface area contributed by atoms with Crippen molar-refractivity contribution < 1.29 is 9.59 Å². The van der Waals surface area contributed by atoms with Crippen molar-refractivity contribution in [3.05, 3.63) is 60.2 Å². The normalized spacial score (nSPS) is 11.5. The molecular formula is C19H23N3O2. The molecule has 126 valence electrons. The lowest BCUT2D eigenvalue weighted by atomic mass is 10.1. The summed E-state index contributed by atoms with van der Waals surface area (Å²) in [4.78, 5) is 25.9. The second-order valence-corrected chi connectivity index (χ2v) is 5.87. The van der Waals surface area contributed by atoms with E-state index >= 15 is 0 Å². The predicted molar refractivity (Wildman–Crippen MR) is 97.0 cm³/mol. The maximum atomic E-state index is 12.0. The van der Waals surface area contributed by atoms with Crippen LogP contribution in [0.5, 0.6) is 0 Å². The molecular weight excluding hydrogens is 302 g/mol. The third kappa shape index (κ3) is 5.12. The number of nitrogens with one attached hydrogen (secondary N) is 2. The molecule has 0 aromatic heterocycles. The van der Waals surface area contributed by atoms with Crippen LogP contribution in [0.15, 0.2) is 54.6 Å². The lowest BCUT2D eigenvalue weighted by Crippen LogP contribution is -2.30. The summed E-state index contributed by atoms with van der Waals surface area (Å²) in [5.74, 6) is -0.626. The monoisotopic (exact) mass is 325 g/mol. The molecule has 2 amide bonds. The van der Waals surface area contributed by atoms with E-state index in [0.29, 0.717) is 5.69 Å². The number of carbonyl (C=O) groups excluding carboxylic acids is 2. The first-order valence-electron chi connectivity index (χ1n) is 7.87.